The van der Waals surface area contributed by atoms with Gasteiger partial charge in [-0.15, -0.1) is 11.3 Å². The fraction of sp³-hybridized carbons (Fsp3) is 0.261. The zero-order chi connectivity index (χ0) is 18.8. The molecule has 0 bridgehead atoms. The van der Waals surface area contributed by atoms with Gasteiger partial charge in [-0.1, -0.05) is 48.0 Å². The molecule has 2 heterocycles. The van der Waals surface area contributed by atoms with E-state index >= 15 is 0 Å². The van der Waals surface area contributed by atoms with E-state index in [-0.39, 0.29) is 0 Å². The van der Waals surface area contributed by atoms with Crippen LogP contribution in [0.15, 0.2) is 54.6 Å². The van der Waals surface area contributed by atoms with E-state index in [0.717, 1.165) is 37.2 Å². The van der Waals surface area contributed by atoms with Crippen molar-refractivity contribution in [2.24, 2.45) is 0 Å². The molecule has 0 aliphatic carbocycles. The molecule has 1 aromatic heterocycles. The molecule has 1 aliphatic rings. The Bertz CT molecular complexity index is 976. The Morgan fingerprint density at radius 2 is 1.96 bits per heavy atom. The summed E-state index contributed by atoms with van der Waals surface area (Å²) in [5.74, 6) is -0.837. The molecule has 3 nitrogen and oxygen atoms in total. The van der Waals surface area contributed by atoms with Crippen LogP contribution in [0.25, 0.3) is 0 Å². The summed E-state index contributed by atoms with van der Waals surface area (Å²) in [4.78, 5) is 15.1. The van der Waals surface area contributed by atoms with Gasteiger partial charge in [0.2, 0.25) is 0 Å². The lowest BCUT2D eigenvalue weighted by molar-refractivity contribution is 0.0702. The molecule has 0 amide bonds. The van der Waals surface area contributed by atoms with Crippen LogP contribution in [0.3, 0.4) is 0 Å². The van der Waals surface area contributed by atoms with Crippen molar-refractivity contribution >= 4 is 23.0 Å². The zero-order valence-corrected chi connectivity index (χ0v) is 16.3. The van der Waals surface area contributed by atoms with Crippen LogP contribution in [0.1, 0.15) is 36.8 Å². The molecule has 27 heavy (non-hydrogen) atoms. The lowest BCUT2D eigenvalue weighted by Crippen LogP contribution is -2.21. The first-order valence-electron chi connectivity index (χ1n) is 9.33. The SMILES string of the molecule is Cc1cccc(CN2CCc3cccc(CCc4ccc(C(=O)O)s4)c32)c1. The summed E-state index contributed by atoms with van der Waals surface area (Å²) in [7, 11) is 0. The minimum atomic E-state index is -0.837. The van der Waals surface area contributed by atoms with Crippen molar-refractivity contribution in [1.29, 1.82) is 0 Å². The van der Waals surface area contributed by atoms with Crippen molar-refractivity contribution in [1.82, 2.24) is 0 Å². The van der Waals surface area contributed by atoms with E-state index in [9.17, 15) is 4.79 Å². The zero-order valence-electron chi connectivity index (χ0n) is 15.4. The van der Waals surface area contributed by atoms with Gasteiger partial charge in [-0.2, -0.15) is 0 Å². The fourth-order valence-electron chi connectivity index (χ4n) is 3.90. The standard InChI is InChI=1S/C23H23NO2S/c1-16-4-2-5-17(14-16)15-24-13-12-19-7-3-6-18(22(19)24)8-9-20-10-11-21(27-20)23(25)26/h2-7,10-11,14H,8-9,12-13,15H2,1H3,(H,25,26). The fourth-order valence-corrected chi connectivity index (χ4v) is 4.74. The van der Waals surface area contributed by atoms with Crippen molar-refractivity contribution in [2.45, 2.75) is 32.7 Å². The van der Waals surface area contributed by atoms with Crippen molar-refractivity contribution in [3.8, 4) is 0 Å². The van der Waals surface area contributed by atoms with E-state index in [1.54, 1.807) is 6.07 Å². The largest absolute Gasteiger partial charge is 0.477 e. The lowest BCUT2D eigenvalue weighted by Gasteiger charge is -2.23. The first-order chi connectivity index (χ1) is 13.1. The van der Waals surface area contributed by atoms with Gasteiger partial charge in [-0.3, -0.25) is 0 Å². The quantitative estimate of drug-likeness (QED) is 0.649. The van der Waals surface area contributed by atoms with Gasteiger partial charge in [0.05, 0.1) is 0 Å². The highest BCUT2D eigenvalue weighted by Gasteiger charge is 2.22. The summed E-state index contributed by atoms with van der Waals surface area (Å²) < 4.78 is 0. The average Bonchev–Trinajstić information content (AvgIpc) is 3.28. The van der Waals surface area contributed by atoms with Gasteiger partial charge >= 0.3 is 5.97 Å². The molecule has 4 heteroatoms. The van der Waals surface area contributed by atoms with Gasteiger partial charge in [-0.05, 0) is 55.0 Å². The van der Waals surface area contributed by atoms with Gasteiger partial charge in [0.25, 0.3) is 0 Å². The Labute approximate surface area is 163 Å². The minimum absolute atomic E-state index is 0.421. The number of hydrogen-bond acceptors (Lipinski definition) is 3. The van der Waals surface area contributed by atoms with Crippen LogP contribution in [0, 0.1) is 6.92 Å². The van der Waals surface area contributed by atoms with Crippen molar-refractivity contribution in [3.63, 3.8) is 0 Å². The Kier molecular flexibility index (Phi) is 4.99. The smallest absolute Gasteiger partial charge is 0.345 e. The Balaban J connectivity index is 1.53. The Morgan fingerprint density at radius 1 is 1.11 bits per heavy atom. The van der Waals surface area contributed by atoms with E-state index < -0.39 is 5.97 Å². The number of hydrogen-bond donors (Lipinski definition) is 1. The van der Waals surface area contributed by atoms with E-state index in [4.69, 9.17) is 5.11 Å². The molecule has 2 aromatic carbocycles. The number of carboxylic acid groups (broad SMARTS) is 1. The van der Waals surface area contributed by atoms with Crippen LogP contribution >= 0.6 is 11.3 Å². The van der Waals surface area contributed by atoms with Crippen molar-refractivity contribution in [2.75, 3.05) is 11.4 Å². The second-order valence-electron chi connectivity index (χ2n) is 7.16. The molecular formula is C23H23NO2S. The van der Waals surface area contributed by atoms with E-state index in [0.29, 0.717) is 4.88 Å². The third-order valence-electron chi connectivity index (χ3n) is 5.14. The summed E-state index contributed by atoms with van der Waals surface area (Å²) in [5, 5.41) is 9.11. The molecule has 0 saturated carbocycles. The number of para-hydroxylation sites is 1. The van der Waals surface area contributed by atoms with E-state index in [1.165, 1.54) is 39.3 Å². The molecule has 0 spiro atoms. The van der Waals surface area contributed by atoms with Crippen molar-refractivity contribution in [3.05, 3.63) is 86.6 Å². The van der Waals surface area contributed by atoms with E-state index in [2.05, 4.69) is 54.3 Å². The molecule has 138 valence electrons. The van der Waals surface area contributed by atoms with Crippen LogP contribution in [0.2, 0.25) is 0 Å². The molecule has 0 unspecified atom stereocenters. The van der Waals surface area contributed by atoms with Crippen LogP contribution in [0.4, 0.5) is 5.69 Å². The monoisotopic (exact) mass is 377 g/mol. The summed E-state index contributed by atoms with van der Waals surface area (Å²) in [6.07, 6.45) is 2.91. The van der Waals surface area contributed by atoms with Crippen molar-refractivity contribution < 1.29 is 9.90 Å². The molecule has 0 atom stereocenters. The predicted octanol–water partition coefficient (Wildman–Crippen LogP) is 5.10. The van der Waals surface area contributed by atoms with Gasteiger partial charge < -0.3 is 10.0 Å². The minimum Gasteiger partial charge on any atom is -0.477 e. The highest BCUT2D eigenvalue weighted by atomic mass is 32.1. The second kappa shape index (κ2) is 7.57. The van der Waals surface area contributed by atoms with Gasteiger partial charge in [-0.25, -0.2) is 4.79 Å². The molecule has 0 saturated heterocycles. The van der Waals surface area contributed by atoms with E-state index in [1.807, 2.05) is 6.07 Å². The molecule has 0 fully saturated rings. The summed E-state index contributed by atoms with van der Waals surface area (Å²) >= 11 is 1.39. The van der Waals surface area contributed by atoms with Gasteiger partial charge in [0.1, 0.15) is 4.88 Å². The second-order valence-corrected chi connectivity index (χ2v) is 8.32. The van der Waals surface area contributed by atoms with Crippen LogP contribution in [-0.2, 0) is 25.8 Å². The predicted molar refractivity (Wildman–Crippen MR) is 111 cm³/mol. The Hall–Kier alpha value is -2.59. The highest BCUT2D eigenvalue weighted by Crippen LogP contribution is 2.34. The third kappa shape index (κ3) is 3.91. The number of aromatic carboxylic acids is 1. The maximum absolute atomic E-state index is 11.1. The van der Waals surface area contributed by atoms with Gasteiger partial charge in [0.15, 0.2) is 0 Å². The van der Waals surface area contributed by atoms with Crippen LogP contribution in [0.5, 0.6) is 0 Å². The highest BCUT2D eigenvalue weighted by molar-refractivity contribution is 7.13. The number of rotatable bonds is 6. The number of nitrogens with zero attached hydrogens (tertiary/aromatic N) is 1. The lowest BCUT2D eigenvalue weighted by atomic mass is 10.0. The molecule has 1 N–H and O–H groups in total. The maximum Gasteiger partial charge on any atom is 0.345 e. The topological polar surface area (TPSA) is 40.5 Å². The number of anilines is 1. The average molecular weight is 378 g/mol. The van der Waals surface area contributed by atoms with Crippen LogP contribution < -0.4 is 4.90 Å². The number of thiophene rings is 1. The number of carbonyl (C=O) groups is 1. The third-order valence-corrected chi connectivity index (χ3v) is 6.27. The molecule has 0 radical (unpaired) electrons. The first kappa shape index (κ1) is 17.8. The number of carboxylic acids is 1. The molecule has 3 aromatic rings. The summed E-state index contributed by atoms with van der Waals surface area (Å²) in [6, 6.07) is 19.0. The van der Waals surface area contributed by atoms with Gasteiger partial charge in [0, 0.05) is 23.7 Å². The number of fused-ring (bicyclic) bond motifs is 1. The van der Waals surface area contributed by atoms with Crippen LogP contribution in [-0.4, -0.2) is 17.6 Å². The first-order valence-corrected chi connectivity index (χ1v) is 10.1. The Morgan fingerprint density at radius 3 is 2.74 bits per heavy atom. The number of benzene rings is 2. The molecular weight excluding hydrogens is 354 g/mol. The summed E-state index contributed by atoms with van der Waals surface area (Å²) in [6.45, 7) is 4.13. The molecule has 1 aliphatic heterocycles. The molecule has 4 rings (SSSR count). The number of aryl methyl sites for hydroxylation is 3. The normalized spacial score (nSPS) is 13.0. The maximum atomic E-state index is 11.1. The summed E-state index contributed by atoms with van der Waals surface area (Å²) in [5.41, 5.74) is 6.82.